The van der Waals surface area contributed by atoms with Gasteiger partial charge in [0, 0.05) is 22.3 Å². The number of carbonyl (C=O) groups is 2. The number of carboxylic acids is 1. The Balaban J connectivity index is 1.84. The number of benzene rings is 2. The Kier molecular flexibility index (Phi) is 5.82. The molecule has 0 aliphatic rings. The van der Waals surface area contributed by atoms with Crippen LogP contribution >= 0.6 is 11.6 Å². The molecule has 0 bridgehead atoms. The van der Waals surface area contributed by atoms with Crippen molar-refractivity contribution >= 4 is 35.2 Å². The average Bonchev–Trinajstić information content (AvgIpc) is 3.17. The Morgan fingerprint density at radius 3 is 2.69 bits per heavy atom. The molecule has 3 rings (SSSR count). The molecule has 0 spiro atoms. The molecule has 0 atom stereocenters. The highest BCUT2D eigenvalue weighted by atomic mass is 35.5. The number of nitriles is 1. The van der Waals surface area contributed by atoms with Gasteiger partial charge in [0.2, 0.25) is 0 Å². The molecule has 6 nitrogen and oxygen atoms in total. The first-order valence-corrected chi connectivity index (χ1v) is 8.88. The lowest BCUT2D eigenvalue weighted by Crippen LogP contribution is -2.14. The van der Waals surface area contributed by atoms with Crippen molar-refractivity contribution in [2.75, 3.05) is 5.32 Å². The van der Waals surface area contributed by atoms with Gasteiger partial charge < -0.3 is 14.8 Å². The molecule has 0 unspecified atom stereocenters. The fourth-order valence-electron chi connectivity index (χ4n) is 2.60. The van der Waals surface area contributed by atoms with E-state index in [9.17, 15) is 14.9 Å². The minimum Gasteiger partial charge on any atom is -0.478 e. The molecule has 1 heterocycles. The summed E-state index contributed by atoms with van der Waals surface area (Å²) in [5.74, 6) is -0.931. The Bertz CT molecular complexity index is 1170. The molecule has 0 radical (unpaired) electrons. The van der Waals surface area contributed by atoms with Crippen molar-refractivity contribution in [2.24, 2.45) is 0 Å². The van der Waals surface area contributed by atoms with E-state index in [0.29, 0.717) is 22.0 Å². The van der Waals surface area contributed by atoms with Crippen molar-refractivity contribution in [1.29, 1.82) is 5.26 Å². The molecule has 0 saturated carbocycles. The highest BCUT2D eigenvalue weighted by molar-refractivity contribution is 6.31. The van der Waals surface area contributed by atoms with E-state index in [2.05, 4.69) is 5.32 Å². The monoisotopic (exact) mass is 406 g/mol. The molecule has 0 aliphatic heterocycles. The molecule has 144 valence electrons. The summed E-state index contributed by atoms with van der Waals surface area (Å²) in [5.41, 5.74) is 1.87. The SMILES string of the molecule is Cc1ccc(Cl)cc1NC(=O)/C(C#N)=C/c1ccc(-c2cccc(C(=O)O)c2)o1. The van der Waals surface area contributed by atoms with Crippen LogP contribution in [0.3, 0.4) is 0 Å². The lowest BCUT2D eigenvalue weighted by Gasteiger charge is -2.08. The molecule has 7 heteroatoms. The van der Waals surface area contributed by atoms with Crippen LogP contribution in [0.2, 0.25) is 5.02 Å². The fraction of sp³-hybridized carbons (Fsp3) is 0.0455. The normalized spacial score (nSPS) is 11.0. The van der Waals surface area contributed by atoms with E-state index < -0.39 is 11.9 Å². The summed E-state index contributed by atoms with van der Waals surface area (Å²) in [6.07, 6.45) is 1.32. The first-order chi connectivity index (χ1) is 13.9. The van der Waals surface area contributed by atoms with Crippen LogP contribution in [0, 0.1) is 18.3 Å². The van der Waals surface area contributed by atoms with Gasteiger partial charge in [-0.05, 0) is 48.9 Å². The zero-order valence-corrected chi connectivity index (χ0v) is 16.0. The van der Waals surface area contributed by atoms with Gasteiger partial charge in [-0.2, -0.15) is 5.26 Å². The fourth-order valence-corrected chi connectivity index (χ4v) is 2.77. The van der Waals surface area contributed by atoms with E-state index in [4.69, 9.17) is 21.1 Å². The zero-order valence-electron chi connectivity index (χ0n) is 15.3. The predicted octanol–water partition coefficient (Wildman–Crippen LogP) is 5.15. The van der Waals surface area contributed by atoms with Crippen molar-refractivity contribution in [3.05, 3.63) is 82.1 Å². The van der Waals surface area contributed by atoms with Gasteiger partial charge in [0.05, 0.1) is 5.56 Å². The Hall–Kier alpha value is -3.82. The van der Waals surface area contributed by atoms with Crippen molar-refractivity contribution in [3.63, 3.8) is 0 Å². The molecule has 1 aromatic heterocycles. The molecular weight excluding hydrogens is 392 g/mol. The molecule has 0 fully saturated rings. The van der Waals surface area contributed by atoms with Crippen LogP contribution in [-0.2, 0) is 4.79 Å². The van der Waals surface area contributed by atoms with Crippen LogP contribution < -0.4 is 5.32 Å². The maximum Gasteiger partial charge on any atom is 0.335 e. The summed E-state index contributed by atoms with van der Waals surface area (Å²) in [6, 6.07) is 16.4. The first kappa shape index (κ1) is 19.9. The Labute approximate surface area is 171 Å². The van der Waals surface area contributed by atoms with Crippen LogP contribution in [0.25, 0.3) is 17.4 Å². The number of amides is 1. The van der Waals surface area contributed by atoms with Crippen molar-refractivity contribution in [3.8, 4) is 17.4 Å². The highest BCUT2D eigenvalue weighted by Crippen LogP contribution is 2.25. The van der Waals surface area contributed by atoms with E-state index in [0.717, 1.165) is 5.56 Å². The van der Waals surface area contributed by atoms with Gasteiger partial charge in [-0.25, -0.2) is 4.79 Å². The maximum atomic E-state index is 12.5. The van der Waals surface area contributed by atoms with Gasteiger partial charge in [-0.15, -0.1) is 0 Å². The maximum absolute atomic E-state index is 12.5. The molecule has 0 aliphatic carbocycles. The van der Waals surface area contributed by atoms with E-state index in [-0.39, 0.29) is 16.9 Å². The highest BCUT2D eigenvalue weighted by Gasteiger charge is 2.13. The molecule has 2 N–H and O–H groups in total. The number of carbonyl (C=O) groups excluding carboxylic acids is 1. The number of nitrogens with zero attached hydrogens (tertiary/aromatic N) is 1. The molecule has 1 amide bonds. The Morgan fingerprint density at radius 2 is 1.97 bits per heavy atom. The number of aromatic carboxylic acids is 1. The second-order valence-electron chi connectivity index (χ2n) is 6.17. The number of aryl methyl sites for hydroxylation is 1. The zero-order chi connectivity index (χ0) is 21.0. The van der Waals surface area contributed by atoms with E-state index in [1.54, 1.807) is 42.5 Å². The summed E-state index contributed by atoms with van der Waals surface area (Å²) >= 11 is 5.95. The van der Waals surface area contributed by atoms with Crippen LogP contribution in [0.1, 0.15) is 21.7 Å². The second-order valence-corrected chi connectivity index (χ2v) is 6.61. The van der Waals surface area contributed by atoms with E-state index >= 15 is 0 Å². The van der Waals surface area contributed by atoms with Crippen LogP contribution in [0.4, 0.5) is 5.69 Å². The summed E-state index contributed by atoms with van der Waals surface area (Å²) in [6.45, 7) is 1.81. The lowest BCUT2D eigenvalue weighted by atomic mass is 10.1. The van der Waals surface area contributed by atoms with Crippen LogP contribution in [0.15, 0.2) is 64.6 Å². The van der Waals surface area contributed by atoms with Crippen molar-refractivity contribution in [1.82, 2.24) is 0 Å². The minimum absolute atomic E-state index is 0.130. The number of hydrogen-bond acceptors (Lipinski definition) is 4. The minimum atomic E-state index is -1.04. The number of nitrogens with one attached hydrogen (secondary N) is 1. The van der Waals surface area contributed by atoms with Crippen LogP contribution in [0.5, 0.6) is 0 Å². The molecular formula is C22H15ClN2O4. The van der Waals surface area contributed by atoms with E-state index in [1.807, 2.05) is 13.0 Å². The number of hydrogen-bond donors (Lipinski definition) is 2. The summed E-state index contributed by atoms with van der Waals surface area (Å²) in [5, 5.41) is 21.6. The molecule has 2 aromatic carbocycles. The quantitative estimate of drug-likeness (QED) is 0.450. The summed E-state index contributed by atoms with van der Waals surface area (Å²) in [7, 11) is 0. The van der Waals surface area contributed by atoms with Crippen LogP contribution in [-0.4, -0.2) is 17.0 Å². The molecule has 3 aromatic rings. The second kappa shape index (κ2) is 8.46. The topological polar surface area (TPSA) is 103 Å². The average molecular weight is 407 g/mol. The van der Waals surface area contributed by atoms with Gasteiger partial charge in [0.15, 0.2) is 0 Å². The molecule has 0 saturated heterocycles. The first-order valence-electron chi connectivity index (χ1n) is 8.50. The number of rotatable bonds is 5. The predicted molar refractivity (Wildman–Crippen MR) is 110 cm³/mol. The van der Waals surface area contributed by atoms with Gasteiger partial charge >= 0.3 is 5.97 Å². The summed E-state index contributed by atoms with van der Waals surface area (Å²) in [4.78, 5) is 23.6. The standard InChI is InChI=1S/C22H15ClN2O4/c1-13-5-6-17(23)11-19(13)25-21(26)16(12-24)10-18-7-8-20(29-18)14-3-2-4-15(9-14)22(27)28/h2-11H,1H3,(H,25,26)(H,27,28)/b16-10+. The largest absolute Gasteiger partial charge is 0.478 e. The van der Waals surface area contributed by atoms with Crippen molar-refractivity contribution in [2.45, 2.75) is 6.92 Å². The lowest BCUT2D eigenvalue weighted by molar-refractivity contribution is -0.112. The van der Waals surface area contributed by atoms with Gasteiger partial charge in [0.1, 0.15) is 23.2 Å². The van der Waals surface area contributed by atoms with E-state index in [1.165, 1.54) is 18.2 Å². The third-order valence-corrected chi connectivity index (χ3v) is 4.36. The number of halogens is 1. The van der Waals surface area contributed by atoms with Gasteiger partial charge in [0.25, 0.3) is 5.91 Å². The summed E-state index contributed by atoms with van der Waals surface area (Å²) < 4.78 is 5.66. The number of furan rings is 1. The number of carboxylic acid groups (broad SMARTS) is 1. The number of anilines is 1. The Morgan fingerprint density at radius 1 is 1.17 bits per heavy atom. The van der Waals surface area contributed by atoms with Gasteiger partial charge in [-0.1, -0.05) is 29.8 Å². The molecule has 29 heavy (non-hydrogen) atoms. The van der Waals surface area contributed by atoms with Gasteiger partial charge in [-0.3, -0.25) is 4.79 Å². The smallest absolute Gasteiger partial charge is 0.335 e. The third-order valence-electron chi connectivity index (χ3n) is 4.12. The third kappa shape index (κ3) is 4.72. The van der Waals surface area contributed by atoms with Crippen molar-refractivity contribution < 1.29 is 19.1 Å².